The molecule has 2 aliphatic heterocycles. The summed E-state index contributed by atoms with van der Waals surface area (Å²) in [6.45, 7) is 10.2. The van der Waals surface area contributed by atoms with Gasteiger partial charge in [0.25, 0.3) is 0 Å². The highest BCUT2D eigenvalue weighted by Crippen LogP contribution is 2.31. The number of esters is 1. The summed E-state index contributed by atoms with van der Waals surface area (Å²) in [5, 5.41) is 7.27. The zero-order chi connectivity index (χ0) is 24.2. The molecule has 0 atom stereocenters. The highest BCUT2D eigenvalue weighted by Gasteiger charge is 2.26. The molecule has 0 unspecified atom stereocenters. The van der Waals surface area contributed by atoms with E-state index in [9.17, 15) is 4.79 Å². The molecule has 1 saturated heterocycles. The lowest BCUT2D eigenvalue weighted by Crippen LogP contribution is -2.45. The SMILES string of the molecule is CCOC(=O)c1sc(Nc2nc3c(c(N4CCNCC4)n2)CCN(Cc2ccncc2)C3)nc1C. The van der Waals surface area contributed by atoms with Gasteiger partial charge in [0.05, 0.1) is 18.0 Å². The second-order valence-electron chi connectivity index (χ2n) is 8.63. The fraction of sp³-hybridized carbons (Fsp3) is 0.458. The summed E-state index contributed by atoms with van der Waals surface area (Å²) in [5.41, 5.74) is 4.14. The van der Waals surface area contributed by atoms with E-state index in [1.807, 2.05) is 19.3 Å². The van der Waals surface area contributed by atoms with Crippen LogP contribution in [0.15, 0.2) is 24.5 Å². The molecule has 3 aromatic heterocycles. The molecule has 2 N–H and O–H groups in total. The van der Waals surface area contributed by atoms with Crippen molar-refractivity contribution in [1.82, 2.24) is 30.2 Å². The van der Waals surface area contributed by atoms with Gasteiger partial charge >= 0.3 is 5.97 Å². The summed E-state index contributed by atoms with van der Waals surface area (Å²) in [5.74, 6) is 1.16. The zero-order valence-electron chi connectivity index (χ0n) is 20.1. The van der Waals surface area contributed by atoms with Crippen molar-refractivity contribution in [2.24, 2.45) is 0 Å². The van der Waals surface area contributed by atoms with E-state index in [-0.39, 0.29) is 5.97 Å². The molecule has 0 amide bonds. The number of pyridine rings is 1. The van der Waals surface area contributed by atoms with Gasteiger partial charge in [-0.1, -0.05) is 11.3 Å². The van der Waals surface area contributed by atoms with Crippen molar-refractivity contribution in [3.05, 3.63) is 51.9 Å². The summed E-state index contributed by atoms with van der Waals surface area (Å²) in [6, 6.07) is 4.11. The molecule has 0 aromatic carbocycles. The number of aryl methyl sites for hydroxylation is 1. The number of hydrogen-bond acceptors (Lipinski definition) is 11. The summed E-state index contributed by atoms with van der Waals surface area (Å²) in [4.78, 5) is 36.0. The van der Waals surface area contributed by atoms with E-state index in [0.717, 1.165) is 63.7 Å². The predicted molar refractivity (Wildman–Crippen MR) is 135 cm³/mol. The smallest absolute Gasteiger partial charge is 0.350 e. The number of anilines is 3. The van der Waals surface area contributed by atoms with Gasteiger partial charge in [-0.15, -0.1) is 0 Å². The maximum absolute atomic E-state index is 12.2. The van der Waals surface area contributed by atoms with Crippen LogP contribution in [-0.4, -0.2) is 70.1 Å². The largest absolute Gasteiger partial charge is 0.462 e. The van der Waals surface area contributed by atoms with Crippen LogP contribution >= 0.6 is 11.3 Å². The molecule has 11 heteroatoms. The van der Waals surface area contributed by atoms with E-state index in [1.54, 1.807) is 6.92 Å². The molecule has 5 heterocycles. The first kappa shape index (κ1) is 23.6. The Hall–Kier alpha value is -3.15. The molecular formula is C24H30N8O2S. The van der Waals surface area contributed by atoms with Gasteiger partial charge in [-0.2, -0.15) is 4.98 Å². The van der Waals surface area contributed by atoms with Gasteiger partial charge in [-0.3, -0.25) is 15.2 Å². The lowest BCUT2D eigenvalue weighted by Gasteiger charge is -2.34. The monoisotopic (exact) mass is 494 g/mol. The summed E-state index contributed by atoms with van der Waals surface area (Å²) in [6.07, 6.45) is 4.57. The number of rotatable bonds is 7. The number of carbonyl (C=O) groups excluding carboxylic acids is 1. The normalized spacial score (nSPS) is 16.1. The minimum Gasteiger partial charge on any atom is -0.462 e. The molecule has 10 nitrogen and oxygen atoms in total. The molecule has 0 aliphatic carbocycles. The number of nitrogens with zero attached hydrogens (tertiary/aromatic N) is 6. The van der Waals surface area contributed by atoms with Crippen LogP contribution in [0.3, 0.4) is 0 Å². The molecule has 1 fully saturated rings. The standard InChI is InChI=1S/C24H30N8O2S/c1-3-34-22(33)20-16(2)27-24(35-20)30-23-28-19-15-31(14-17-4-7-25-8-5-17)11-6-18(19)21(29-23)32-12-9-26-10-13-32/h4-5,7-8,26H,3,6,9-15H2,1-2H3,(H,27,28,29,30). The van der Waals surface area contributed by atoms with E-state index < -0.39 is 0 Å². The van der Waals surface area contributed by atoms with Crippen LogP contribution < -0.4 is 15.5 Å². The fourth-order valence-electron chi connectivity index (χ4n) is 4.47. The topological polar surface area (TPSA) is 108 Å². The molecule has 0 saturated carbocycles. The minimum atomic E-state index is -0.352. The Bertz CT molecular complexity index is 1180. The Labute approximate surface area is 208 Å². The number of hydrogen-bond donors (Lipinski definition) is 2. The number of nitrogens with one attached hydrogen (secondary N) is 2. The van der Waals surface area contributed by atoms with E-state index >= 15 is 0 Å². The van der Waals surface area contributed by atoms with Gasteiger partial charge in [0.15, 0.2) is 5.13 Å². The predicted octanol–water partition coefficient (Wildman–Crippen LogP) is 2.52. The van der Waals surface area contributed by atoms with Gasteiger partial charge in [0.1, 0.15) is 10.7 Å². The lowest BCUT2D eigenvalue weighted by atomic mass is 10.0. The first-order chi connectivity index (χ1) is 17.1. The Morgan fingerprint density at radius 3 is 2.74 bits per heavy atom. The molecule has 3 aromatic rings. The van der Waals surface area contributed by atoms with Crippen molar-refractivity contribution in [2.45, 2.75) is 33.4 Å². The van der Waals surface area contributed by atoms with E-state index in [0.29, 0.717) is 28.3 Å². The van der Waals surface area contributed by atoms with Crippen LogP contribution in [0.5, 0.6) is 0 Å². The summed E-state index contributed by atoms with van der Waals surface area (Å²) >= 11 is 1.27. The van der Waals surface area contributed by atoms with Crippen LogP contribution in [0.1, 0.15) is 39.1 Å². The second-order valence-corrected chi connectivity index (χ2v) is 9.63. The number of fused-ring (bicyclic) bond motifs is 1. The molecule has 0 radical (unpaired) electrons. The van der Waals surface area contributed by atoms with Crippen LogP contribution in [0, 0.1) is 6.92 Å². The Kier molecular flexibility index (Phi) is 7.16. The van der Waals surface area contributed by atoms with E-state index in [1.165, 1.54) is 22.5 Å². The van der Waals surface area contributed by atoms with Gasteiger partial charge in [-0.25, -0.2) is 14.8 Å². The molecule has 5 rings (SSSR count). The zero-order valence-corrected chi connectivity index (χ0v) is 20.9. The Balaban J connectivity index is 1.43. The number of carbonyl (C=O) groups is 1. The van der Waals surface area contributed by atoms with Crippen molar-refractivity contribution in [3.63, 3.8) is 0 Å². The second kappa shape index (κ2) is 10.6. The van der Waals surface area contributed by atoms with Gasteiger partial charge in [0.2, 0.25) is 5.95 Å². The average Bonchev–Trinajstić information content (AvgIpc) is 3.24. The van der Waals surface area contributed by atoms with Crippen LogP contribution in [0.25, 0.3) is 0 Å². The van der Waals surface area contributed by atoms with Crippen molar-refractivity contribution >= 4 is 34.2 Å². The quantitative estimate of drug-likeness (QED) is 0.476. The molecule has 2 aliphatic rings. The Morgan fingerprint density at radius 1 is 1.17 bits per heavy atom. The third kappa shape index (κ3) is 5.42. The molecule has 184 valence electrons. The van der Waals surface area contributed by atoms with Crippen molar-refractivity contribution in [1.29, 1.82) is 0 Å². The maximum Gasteiger partial charge on any atom is 0.350 e. The number of thiazole rings is 1. The number of ether oxygens (including phenoxy) is 1. The third-order valence-electron chi connectivity index (χ3n) is 6.17. The maximum atomic E-state index is 12.2. The van der Waals surface area contributed by atoms with Crippen molar-refractivity contribution in [2.75, 3.05) is 49.5 Å². The van der Waals surface area contributed by atoms with Gasteiger partial charge in [0, 0.05) is 63.8 Å². The third-order valence-corrected chi connectivity index (χ3v) is 7.22. The van der Waals surface area contributed by atoms with E-state index in [4.69, 9.17) is 14.7 Å². The summed E-state index contributed by atoms with van der Waals surface area (Å²) in [7, 11) is 0. The molecule has 35 heavy (non-hydrogen) atoms. The lowest BCUT2D eigenvalue weighted by molar-refractivity contribution is 0.0531. The first-order valence-corrected chi connectivity index (χ1v) is 12.8. The number of aromatic nitrogens is 4. The summed E-state index contributed by atoms with van der Waals surface area (Å²) < 4.78 is 5.16. The number of piperazine rings is 1. The minimum absolute atomic E-state index is 0.330. The fourth-order valence-corrected chi connectivity index (χ4v) is 5.33. The molecule has 0 spiro atoms. The van der Waals surface area contributed by atoms with E-state index in [2.05, 4.69) is 42.5 Å². The van der Waals surface area contributed by atoms with Crippen molar-refractivity contribution in [3.8, 4) is 0 Å². The van der Waals surface area contributed by atoms with Crippen molar-refractivity contribution < 1.29 is 9.53 Å². The highest BCUT2D eigenvalue weighted by atomic mass is 32.1. The van der Waals surface area contributed by atoms with Gasteiger partial charge < -0.3 is 15.0 Å². The van der Waals surface area contributed by atoms with Crippen LogP contribution in [0.2, 0.25) is 0 Å². The molecular weight excluding hydrogens is 464 g/mol. The Morgan fingerprint density at radius 2 is 1.97 bits per heavy atom. The average molecular weight is 495 g/mol. The first-order valence-electron chi connectivity index (χ1n) is 12.0. The van der Waals surface area contributed by atoms with Crippen LogP contribution in [-0.2, 0) is 24.2 Å². The van der Waals surface area contributed by atoms with Crippen LogP contribution in [0.4, 0.5) is 16.9 Å². The van der Waals surface area contributed by atoms with Gasteiger partial charge in [-0.05, 0) is 38.0 Å². The highest BCUT2D eigenvalue weighted by molar-refractivity contribution is 7.17. The molecule has 0 bridgehead atoms.